The molecule has 1 atom stereocenters. The normalized spacial score (nSPS) is 19.1. The number of allylic oxidation sites excluding steroid dienone is 4. The van der Waals surface area contributed by atoms with Gasteiger partial charge in [0.05, 0.1) is 43.3 Å². The van der Waals surface area contributed by atoms with E-state index >= 15 is 0 Å². The highest BCUT2D eigenvalue weighted by Gasteiger charge is 2.46. The predicted molar refractivity (Wildman–Crippen MR) is 238 cm³/mol. The van der Waals surface area contributed by atoms with Crippen molar-refractivity contribution >= 4 is 44.9 Å². The van der Waals surface area contributed by atoms with Crippen LogP contribution >= 0.6 is 0 Å². The average Bonchev–Trinajstić information content (AvgIpc) is 3.76. The van der Waals surface area contributed by atoms with Crippen molar-refractivity contribution in [1.29, 1.82) is 0 Å². The number of carbonyl (C=O) groups is 3. The molecule has 5 rings (SSSR count). The van der Waals surface area contributed by atoms with Gasteiger partial charge in [-0.05, 0) is 76.8 Å². The second-order valence-electron chi connectivity index (χ2n) is 16.8. The molecule has 3 aliphatic rings. The summed E-state index contributed by atoms with van der Waals surface area (Å²) in [6.07, 6.45) is 10.9. The highest BCUT2D eigenvalue weighted by atomic mass is 32.2. The molecule has 1 unspecified atom stereocenters. The standard InChI is InChI=1S/C47H67N4O10S/c1-8-9-25-49-39-20-18-36(62(55,56)48-24-12-10-11-16-45(54)61-51-43(52)21-22-44(51)53)34-37(39)46(3,4)41(49)14-13-15-42-47(5,23-27-59-31-29-57-6)38-33-35(2)17-19-40(38)50(42)26-28-60-32-30-58-7/h13-15,17-20,33-34,48H,8-12,16,21-32H2,1-7H3/q+1. The molecule has 3 heterocycles. The van der Waals surface area contributed by atoms with Crippen LogP contribution in [0, 0.1) is 6.92 Å². The van der Waals surface area contributed by atoms with Crippen molar-refractivity contribution in [3.05, 3.63) is 77.0 Å². The van der Waals surface area contributed by atoms with E-state index in [1.165, 1.54) is 11.1 Å². The zero-order valence-corrected chi connectivity index (χ0v) is 38.6. The Bertz CT molecular complexity index is 2100. The molecule has 0 radical (unpaired) electrons. The third-order valence-corrected chi connectivity index (χ3v) is 13.4. The fourth-order valence-corrected chi connectivity index (χ4v) is 9.47. The smallest absolute Gasteiger partial charge is 0.333 e. The Balaban J connectivity index is 1.34. The number of methoxy groups -OCH3 is 2. The maximum Gasteiger partial charge on any atom is 0.333 e. The number of carbonyl (C=O) groups excluding carboxylic acids is 3. The van der Waals surface area contributed by atoms with Crippen LogP contribution < -0.4 is 9.62 Å². The zero-order valence-electron chi connectivity index (χ0n) is 37.8. The number of ether oxygens (including phenoxy) is 4. The maximum atomic E-state index is 13.6. The molecule has 1 saturated heterocycles. The van der Waals surface area contributed by atoms with Gasteiger partial charge in [-0.2, -0.15) is 4.58 Å². The topological polar surface area (TPSA) is 153 Å². The summed E-state index contributed by atoms with van der Waals surface area (Å²) in [5.74, 6) is -1.70. The lowest BCUT2D eigenvalue weighted by Gasteiger charge is -2.30. The summed E-state index contributed by atoms with van der Waals surface area (Å²) in [5, 5.41) is 0.541. The molecule has 0 saturated carbocycles. The number of imide groups is 1. The summed E-state index contributed by atoms with van der Waals surface area (Å²) in [6.45, 7) is 15.8. The van der Waals surface area contributed by atoms with Crippen molar-refractivity contribution in [2.45, 2.75) is 108 Å². The van der Waals surface area contributed by atoms with Crippen molar-refractivity contribution in [2.75, 3.05) is 78.4 Å². The van der Waals surface area contributed by atoms with Crippen LogP contribution in [0.3, 0.4) is 0 Å². The molecule has 3 aliphatic heterocycles. The number of unbranched alkanes of at least 4 members (excludes halogenated alkanes) is 3. The molecule has 1 fully saturated rings. The van der Waals surface area contributed by atoms with E-state index < -0.39 is 33.2 Å². The third-order valence-electron chi connectivity index (χ3n) is 11.9. The first-order chi connectivity index (χ1) is 29.7. The van der Waals surface area contributed by atoms with Gasteiger partial charge >= 0.3 is 5.97 Å². The van der Waals surface area contributed by atoms with Gasteiger partial charge in [0.15, 0.2) is 5.71 Å². The number of aryl methyl sites for hydroxylation is 1. The number of nitrogens with zero attached hydrogens (tertiary/aromatic N) is 3. The Morgan fingerprint density at radius 2 is 1.58 bits per heavy atom. The molecule has 2 aromatic rings. The molecule has 62 heavy (non-hydrogen) atoms. The van der Waals surface area contributed by atoms with Crippen LogP contribution in [-0.2, 0) is 59.0 Å². The van der Waals surface area contributed by atoms with Gasteiger partial charge in [0.1, 0.15) is 6.54 Å². The summed E-state index contributed by atoms with van der Waals surface area (Å²) >= 11 is 0. The van der Waals surface area contributed by atoms with E-state index in [2.05, 4.69) is 85.2 Å². The number of hydroxylamine groups is 2. The van der Waals surface area contributed by atoms with Crippen molar-refractivity contribution < 1.29 is 51.2 Å². The molecule has 0 bridgehead atoms. The van der Waals surface area contributed by atoms with Gasteiger partial charge in [-0.25, -0.2) is 17.9 Å². The number of anilines is 1. The monoisotopic (exact) mass is 879 g/mol. The first-order valence-corrected chi connectivity index (χ1v) is 23.4. The second kappa shape index (κ2) is 22.4. The van der Waals surface area contributed by atoms with Crippen LogP contribution in [0.15, 0.2) is 65.2 Å². The minimum absolute atomic E-state index is 0.0160. The first-order valence-electron chi connectivity index (χ1n) is 22.0. The lowest BCUT2D eigenvalue weighted by molar-refractivity contribution is -0.438. The van der Waals surface area contributed by atoms with Crippen molar-refractivity contribution in [2.24, 2.45) is 0 Å². The lowest BCUT2D eigenvalue weighted by atomic mass is 9.78. The van der Waals surface area contributed by atoms with Gasteiger partial charge in [0, 0.05) is 94.1 Å². The van der Waals surface area contributed by atoms with Gasteiger partial charge in [-0.1, -0.05) is 43.5 Å². The molecule has 340 valence electrons. The molecule has 14 nitrogen and oxygen atoms in total. The zero-order chi connectivity index (χ0) is 44.9. The maximum absolute atomic E-state index is 13.6. The minimum atomic E-state index is -3.84. The van der Waals surface area contributed by atoms with E-state index in [0.29, 0.717) is 70.5 Å². The number of hydrogen-bond donors (Lipinski definition) is 1. The average molecular weight is 880 g/mol. The van der Waals surface area contributed by atoms with Gasteiger partial charge < -0.3 is 28.7 Å². The van der Waals surface area contributed by atoms with Crippen molar-refractivity contribution in [1.82, 2.24) is 9.79 Å². The molecule has 0 aliphatic carbocycles. The quantitative estimate of drug-likeness (QED) is 0.0622. The van der Waals surface area contributed by atoms with Crippen LogP contribution in [0.5, 0.6) is 0 Å². The summed E-state index contributed by atoms with van der Waals surface area (Å²) < 4.78 is 54.8. The lowest BCUT2D eigenvalue weighted by Crippen LogP contribution is -2.32. The van der Waals surface area contributed by atoms with Crippen LogP contribution in [-0.4, -0.2) is 115 Å². The van der Waals surface area contributed by atoms with E-state index in [1.807, 2.05) is 6.07 Å². The molecule has 15 heteroatoms. The highest BCUT2D eigenvalue weighted by Crippen LogP contribution is 2.50. The summed E-state index contributed by atoms with van der Waals surface area (Å²) in [6, 6.07) is 12.0. The van der Waals surface area contributed by atoms with Crippen molar-refractivity contribution in [3.63, 3.8) is 0 Å². The fraction of sp³-hybridized carbons (Fsp3) is 0.574. The molecule has 0 aromatic heterocycles. The summed E-state index contributed by atoms with van der Waals surface area (Å²) in [5.41, 5.74) is 6.94. The third kappa shape index (κ3) is 11.7. The van der Waals surface area contributed by atoms with Gasteiger partial charge in [-0.15, -0.1) is 5.06 Å². The molecule has 2 aromatic carbocycles. The van der Waals surface area contributed by atoms with Gasteiger partial charge in [0.25, 0.3) is 11.8 Å². The van der Waals surface area contributed by atoms with Crippen LogP contribution in [0.4, 0.5) is 11.4 Å². The Morgan fingerprint density at radius 1 is 0.871 bits per heavy atom. The molecule has 0 spiro atoms. The van der Waals surface area contributed by atoms with E-state index in [9.17, 15) is 22.8 Å². The van der Waals surface area contributed by atoms with Crippen LogP contribution in [0.25, 0.3) is 0 Å². The van der Waals surface area contributed by atoms with Crippen LogP contribution in [0.1, 0.15) is 102 Å². The van der Waals surface area contributed by atoms with E-state index in [1.54, 1.807) is 26.4 Å². The number of rotatable bonds is 26. The predicted octanol–water partition coefficient (Wildman–Crippen LogP) is 6.55. The van der Waals surface area contributed by atoms with Crippen LogP contribution in [0.2, 0.25) is 0 Å². The fourth-order valence-electron chi connectivity index (χ4n) is 8.37. The largest absolute Gasteiger partial charge is 0.382 e. The molecular weight excluding hydrogens is 813 g/mol. The number of fused-ring (bicyclic) bond motifs is 2. The number of amides is 2. The number of sulfonamides is 1. The van der Waals surface area contributed by atoms with E-state index in [0.717, 1.165) is 54.2 Å². The minimum Gasteiger partial charge on any atom is -0.382 e. The molecule has 1 N–H and O–H groups in total. The van der Waals surface area contributed by atoms with E-state index in [-0.39, 0.29) is 36.1 Å². The molecular formula is C47H67N4O10S+. The summed E-state index contributed by atoms with van der Waals surface area (Å²) in [4.78, 5) is 43.0. The Labute approximate surface area is 368 Å². The number of benzene rings is 2. The van der Waals surface area contributed by atoms with Gasteiger partial charge in [0.2, 0.25) is 15.7 Å². The summed E-state index contributed by atoms with van der Waals surface area (Å²) in [7, 11) is -0.489. The van der Waals surface area contributed by atoms with E-state index in [4.69, 9.17) is 23.8 Å². The molecule has 2 amide bonds. The Hall–Kier alpha value is -4.25. The number of nitrogens with one attached hydrogen (secondary N) is 1. The van der Waals surface area contributed by atoms with Gasteiger partial charge in [-0.3, -0.25) is 9.59 Å². The first kappa shape index (κ1) is 48.8. The Kier molecular flexibility index (Phi) is 17.6. The Morgan fingerprint density at radius 3 is 2.27 bits per heavy atom. The second-order valence-corrected chi connectivity index (χ2v) is 18.6. The SMILES string of the molecule is CCCC[N+]1=C(C=CC=C2N(CCOCCOC)c3ccc(C)cc3C2(C)CCOCCOC)C(C)(C)c2cc(S(=O)(=O)NCCCCCC(=O)ON3C(=O)CCC3=O)ccc21. The highest BCUT2D eigenvalue weighted by molar-refractivity contribution is 7.89. The number of hydrogen-bond acceptors (Lipinski definition) is 11. The van der Waals surface area contributed by atoms with Crippen molar-refractivity contribution in [3.8, 4) is 0 Å².